The fraction of sp³-hybridized carbons (Fsp3) is 0.538. The lowest BCUT2D eigenvalue weighted by Gasteiger charge is -2.14. The molecular formula is C13H20N2O3S. The SMILES string of the molecule is Cc1cc(S(=O)(=O)NCC2(CO)CC2)cc(N)c1C. The Morgan fingerprint density at radius 3 is 2.47 bits per heavy atom. The number of hydrogen-bond donors (Lipinski definition) is 3. The van der Waals surface area contributed by atoms with Gasteiger partial charge in [0.25, 0.3) is 0 Å². The number of sulfonamides is 1. The first-order valence-corrected chi connectivity index (χ1v) is 7.75. The van der Waals surface area contributed by atoms with Crippen LogP contribution in [-0.4, -0.2) is 26.7 Å². The van der Waals surface area contributed by atoms with Crippen molar-refractivity contribution in [2.45, 2.75) is 31.6 Å². The van der Waals surface area contributed by atoms with E-state index in [1.54, 1.807) is 6.07 Å². The zero-order chi connectivity index (χ0) is 14.3. The summed E-state index contributed by atoms with van der Waals surface area (Å²) in [5, 5.41) is 9.19. The standard InChI is InChI=1S/C13H20N2O3S/c1-9-5-11(6-12(14)10(9)2)19(17,18)15-7-13(8-16)3-4-13/h5-6,15-16H,3-4,7-8,14H2,1-2H3. The molecule has 1 aliphatic rings. The van der Waals surface area contributed by atoms with Crippen LogP contribution in [0.15, 0.2) is 17.0 Å². The summed E-state index contributed by atoms with van der Waals surface area (Å²) < 4.78 is 26.9. The molecular weight excluding hydrogens is 264 g/mol. The van der Waals surface area contributed by atoms with E-state index in [-0.39, 0.29) is 23.5 Å². The van der Waals surface area contributed by atoms with Gasteiger partial charge in [-0.2, -0.15) is 0 Å². The Hall–Kier alpha value is -1.11. The van der Waals surface area contributed by atoms with Crippen LogP contribution in [0, 0.1) is 19.3 Å². The largest absolute Gasteiger partial charge is 0.398 e. The van der Waals surface area contributed by atoms with Gasteiger partial charge >= 0.3 is 0 Å². The van der Waals surface area contributed by atoms with Crippen molar-refractivity contribution in [3.8, 4) is 0 Å². The second-order valence-electron chi connectivity index (χ2n) is 5.44. The van der Waals surface area contributed by atoms with Crippen LogP contribution in [0.1, 0.15) is 24.0 Å². The monoisotopic (exact) mass is 284 g/mol. The third-order valence-electron chi connectivity index (χ3n) is 3.92. The highest BCUT2D eigenvalue weighted by Crippen LogP contribution is 2.44. The molecule has 6 heteroatoms. The molecule has 2 rings (SSSR count). The number of nitrogen functional groups attached to an aromatic ring is 1. The van der Waals surface area contributed by atoms with E-state index in [4.69, 9.17) is 5.73 Å². The maximum Gasteiger partial charge on any atom is 0.240 e. The number of nitrogens with two attached hydrogens (primary N) is 1. The molecule has 0 heterocycles. The van der Waals surface area contributed by atoms with E-state index in [0.717, 1.165) is 24.0 Å². The number of nitrogens with one attached hydrogen (secondary N) is 1. The van der Waals surface area contributed by atoms with Gasteiger partial charge in [0.2, 0.25) is 10.0 Å². The smallest absolute Gasteiger partial charge is 0.240 e. The molecule has 1 aliphatic carbocycles. The molecule has 1 aromatic rings. The summed E-state index contributed by atoms with van der Waals surface area (Å²) in [6, 6.07) is 3.09. The highest BCUT2D eigenvalue weighted by molar-refractivity contribution is 7.89. The molecule has 0 saturated heterocycles. The number of aliphatic hydroxyl groups excluding tert-OH is 1. The normalized spacial score (nSPS) is 17.4. The minimum Gasteiger partial charge on any atom is -0.398 e. The van der Waals surface area contributed by atoms with E-state index in [1.165, 1.54) is 6.07 Å². The molecule has 1 saturated carbocycles. The summed E-state index contributed by atoms with van der Waals surface area (Å²) >= 11 is 0. The average Bonchev–Trinajstić information content (AvgIpc) is 3.14. The molecule has 5 nitrogen and oxygen atoms in total. The van der Waals surface area contributed by atoms with E-state index in [9.17, 15) is 13.5 Å². The summed E-state index contributed by atoms with van der Waals surface area (Å²) in [4.78, 5) is 0.182. The second-order valence-corrected chi connectivity index (χ2v) is 7.20. The number of aliphatic hydroxyl groups is 1. The van der Waals surface area contributed by atoms with Gasteiger partial charge in [-0.25, -0.2) is 13.1 Å². The minimum atomic E-state index is -3.57. The topological polar surface area (TPSA) is 92.4 Å². The van der Waals surface area contributed by atoms with Gasteiger partial charge in [-0.3, -0.25) is 0 Å². The van der Waals surface area contributed by atoms with Crippen molar-refractivity contribution < 1.29 is 13.5 Å². The molecule has 0 radical (unpaired) electrons. The average molecular weight is 284 g/mol. The number of anilines is 1. The number of benzene rings is 1. The first-order valence-electron chi connectivity index (χ1n) is 6.27. The second kappa shape index (κ2) is 4.77. The fourth-order valence-corrected chi connectivity index (χ4v) is 3.18. The van der Waals surface area contributed by atoms with Crippen molar-refractivity contribution in [1.82, 2.24) is 4.72 Å². The predicted octanol–water partition coefficient (Wildman–Crippen LogP) is 0.936. The lowest BCUT2D eigenvalue weighted by molar-refractivity contribution is 0.213. The summed E-state index contributed by atoms with van der Waals surface area (Å²) in [5.74, 6) is 0. The summed E-state index contributed by atoms with van der Waals surface area (Å²) in [5.41, 5.74) is 7.78. The maximum absolute atomic E-state index is 12.2. The Morgan fingerprint density at radius 1 is 1.37 bits per heavy atom. The lowest BCUT2D eigenvalue weighted by atomic mass is 10.1. The molecule has 0 unspecified atom stereocenters. The Bertz CT molecular complexity index is 569. The fourth-order valence-electron chi connectivity index (χ4n) is 1.91. The van der Waals surface area contributed by atoms with Crippen LogP contribution in [-0.2, 0) is 10.0 Å². The van der Waals surface area contributed by atoms with Crippen molar-refractivity contribution in [3.05, 3.63) is 23.3 Å². The Labute approximate surface area is 113 Å². The van der Waals surface area contributed by atoms with Gasteiger partial charge in [0.1, 0.15) is 0 Å². The summed E-state index contributed by atoms with van der Waals surface area (Å²) in [7, 11) is -3.57. The number of aryl methyl sites for hydroxylation is 1. The first-order chi connectivity index (χ1) is 8.80. The van der Waals surface area contributed by atoms with Crippen LogP contribution in [0.4, 0.5) is 5.69 Å². The highest BCUT2D eigenvalue weighted by atomic mass is 32.2. The van der Waals surface area contributed by atoms with Crippen molar-refractivity contribution in [2.24, 2.45) is 5.41 Å². The van der Waals surface area contributed by atoms with Crippen molar-refractivity contribution in [2.75, 3.05) is 18.9 Å². The van der Waals surface area contributed by atoms with Crippen LogP contribution in [0.5, 0.6) is 0 Å². The van der Waals surface area contributed by atoms with Gasteiger partial charge in [-0.15, -0.1) is 0 Å². The minimum absolute atomic E-state index is 0.0184. The molecule has 1 fully saturated rings. The van der Waals surface area contributed by atoms with Crippen molar-refractivity contribution in [1.29, 1.82) is 0 Å². The zero-order valence-electron chi connectivity index (χ0n) is 11.2. The van der Waals surface area contributed by atoms with E-state index >= 15 is 0 Å². The van der Waals surface area contributed by atoms with Crippen molar-refractivity contribution in [3.63, 3.8) is 0 Å². The number of hydrogen-bond acceptors (Lipinski definition) is 4. The third-order valence-corrected chi connectivity index (χ3v) is 5.30. The van der Waals surface area contributed by atoms with Gasteiger partial charge in [-0.1, -0.05) is 0 Å². The molecule has 0 bridgehead atoms. The molecule has 0 atom stereocenters. The Morgan fingerprint density at radius 2 is 2.00 bits per heavy atom. The molecule has 0 spiro atoms. The highest BCUT2D eigenvalue weighted by Gasteiger charge is 2.42. The first kappa shape index (κ1) is 14.3. The maximum atomic E-state index is 12.2. The van der Waals surface area contributed by atoms with E-state index in [1.807, 2.05) is 13.8 Å². The van der Waals surface area contributed by atoms with Gasteiger partial charge < -0.3 is 10.8 Å². The zero-order valence-corrected chi connectivity index (χ0v) is 12.0. The van der Waals surface area contributed by atoms with Crippen molar-refractivity contribution >= 4 is 15.7 Å². The van der Waals surface area contributed by atoms with E-state index in [0.29, 0.717) is 5.69 Å². The van der Waals surface area contributed by atoms with Gasteiger partial charge in [0.05, 0.1) is 4.90 Å². The summed E-state index contributed by atoms with van der Waals surface area (Å²) in [6.07, 6.45) is 1.72. The third kappa shape index (κ3) is 2.91. The van der Waals surface area contributed by atoms with Gasteiger partial charge in [0, 0.05) is 24.3 Å². The van der Waals surface area contributed by atoms with Gasteiger partial charge in [0.15, 0.2) is 0 Å². The van der Waals surface area contributed by atoms with Crippen LogP contribution >= 0.6 is 0 Å². The molecule has 19 heavy (non-hydrogen) atoms. The predicted molar refractivity (Wildman–Crippen MR) is 74.3 cm³/mol. The van der Waals surface area contributed by atoms with Crippen LogP contribution in [0.2, 0.25) is 0 Å². The molecule has 0 aromatic heterocycles. The molecule has 0 aliphatic heterocycles. The number of rotatable bonds is 5. The van der Waals surface area contributed by atoms with Crippen LogP contribution < -0.4 is 10.5 Å². The summed E-state index contributed by atoms with van der Waals surface area (Å²) in [6.45, 7) is 3.99. The molecule has 106 valence electrons. The quantitative estimate of drug-likeness (QED) is 0.702. The van der Waals surface area contributed by atoms with E-state index in [2.05, 4.69) is 4.72 Å². The molecule has 0 amide bonds. The Kier molecular flexibility index (Phi) is 3.59. The van der Waals surface area contributed by atoms with Gasteiger partial charge in [-0.05, 0) is 49.9 Å². The molecule has 4 N–H and O–H groups in total. The van der Waals surface area contributed by atoms with Crippen LogP contribution in [0.3, 0.4) is 0 Å². The van der Waals surface area contributed by atoms with E-state index < -0.39 is 10.0 Å². The Balaban J connectivity index is 2.20. The van der Waals surface area contributed by atoms with Crippen LogP contribution in [0.25, 0.3) is 0 Å². The lowest BCUT2D eigenvalue weighted by Crippen LogP contribution is -2.32. The molecule has 1 aromatic carbocycles.